The van der Waals surface area contributed by atoms with Crippen LogP contribution in [0.4, 0.5) is 4.79 Å². The first-order valence-electron chi connectivity index (χ1n) is 8.40. The van der Waals surface area contributed by atoms with Crippen LogP contribution in [0, 0.1) is 5.41 Å². The van der Waals surface area contributed by atoms with Gasteiger partial charge in [-0.2, -0.15) is 0 Å². The van der Waals surface area contributed by atoms with Crippen LogP contribution in [0.2, 0.25) is 0 Å². The molecule has 1 aromatic carbocycles. The van der Waals surface area contributed by atoms with Gasteiger partial charge in [0, 0.05) is 18.4 Å². The van der Waals surface area contributed by atoms with Gasteiger partial charge in [-0.15, -0.1) is 0 Å². The molecule has 1 fully saturated rings. The van der Waals surface area contributed by atoms with Gasteiger partial charge < -0.3 is 19.2 Å². The smallest absolute Gasteiger partial charge is 0.410 e. The van der Waals surface area contributed by atoms with Crippen LogP contribution in [-0.4, -0.2) is 36.5 Å². The fraction of sp³-hybridized carbons (Fsp3) is 0.579. The van der Waals surface area contributed by atoms with E-state index < -0.39 is 5.60 Å². The molecular weight excluding hydrogens is 306 g/mol. The highest BCUT2D eigenvalue weighted by Crippen LogP contribution is 2.57. The Balaban J connectivity index is 1.99. The van der Waals surface area contributed by atoms with Crippen LogP contribution in [0.25, 0.3) is 0 Å². The predicted octanol–water partition coefficient (Wildman–Crippen LogP) is 3.51. The molecule has 24 heavy (non-hydrogen) atoms. The number of methoxy groups -OCH3 is 1. The quantitative estimate of drug-likeness (QED) is 0.795. The molecule has 0 unspecified atom stereocenters. The number of likely N-dealkylation sites (tertiary alicyclic amines) is 1. The molecule has 2 atom stereocenters. The first kappa shape index (κ1) is 16.8. The highest BCUT2D eigenvalue weighted by Gasteiger charge is 2.54. The predicted molar refractivity (Wildman–Crippen MR) is 90.1 cm³/mol. The summed E-state index contributed by atoms with van der Waals surface area (Å²) in [4.78, 5) is 25.8. The SMILES string of the molecule is COc1ccc2c(c1)[C@H]1N(C(=O)OC(C)(C)C)CC[C@@]1(CC=O)C2. The Kier molecular flexibility index (Phi) is 4.06. The molecular formula is C19H25NO4. The number of amides is 1. The molecule has 0 aromatic heterocycles. The minimum Gasteiger partial charge on any atom is -0.497 e. The van der Waals surface area contributed by atoms with Crippen molar-refractivity contribution < 1.29 is 19.1 Å². The zero-order valence-corrected chi connectivity index (χ0v) is 14.8. The van der Waals surface area contributed by atoms with Gasteiger partial charge in [-0.05, 0) is 56.9 Å². The van der Waals surface area contributed by atoms with E-state index in [0.717, 1.165) is 30.4 Å². The number of aldehydes is 1. The summed E-state index contributed by atoms with van der Waals surface area (Å²) in [5.74, 6) is 0.770. The third kappa shape index (κ3) is 2.76. The maximum Gasteiger partial charge on any atom is 0.410 e. The lowest BCUT2D eigenvalue weighted by Gasteiger charge is -2.33. The maximum atomic E-state index is 12.7. The molecule has 0 saturated carbocycles. The van der Waals surface area contributed by atoms with Crippen LogP contribution >= 0.6 is 0 Å². The molecule has 1 amide bonds. The molecule has 2 aliphatic rings. The fourth-order valence-electron chi connectivity index (χ4n) is 4.09. The van der Waals surface area contributed by atoms with E-state index in [9.17, 15) is 9.59 Å². The molecule has 1 aliphatic heterocycles. The molecule has 130 valence electrons. The van der Waals surface area contributed by atoms with Gasteiger partial charge >= 0.3 is 6.09 Å². The lowest BCUT2D eigenvalue weighted by atomic mass is 9.78. The molecule has 1 aromatic rings. The molecule has 1 aliphatic carbocycles. The van der Waals surface area contributed by atoms with Crippen molar-refractivity contribution in [3.8, 4) is 5.75 Å². The van der Waals surface area contributed by atoms with Crippen molar-refractivity contribution >= 4 is 12.4 Å². The second-order valence-corrected chi connectivity index (χ2v) is 7.80. The Hall–Kier alpha value is -2.04. The van der Waals surface area contributed by atoms with E-state index in [1.165, 1.54) is 5.56 Å². The third-order valence-corrected chi connectivity index (χ3v) is 5.05. The van der Waals surface area contributed by atoms with Gasteiger partial charge in [0.1, 0.15) is 17.6 Å². The Labute approximate surface area is 142 Å². The first-order chi connectivity index (χ1) is 11.3. The minimum atomic E-state index is -0.539. The molecule has 1 saturated heterocycles. The molecule has 0 spiro atoms. The average molecular weight is 331 g/mol. The summed E-state index contributed by atoms with van der Waals surface area (Å²) in [6, 6.07) is 5.86. The highest BCUT2D eigenvalue weighted by atomic mass is 16.6. The Morgan fingerprint density at radius 2 is 2.17 bits per heavy atom. The molecule has 5 nitrogen and oxygen atoms in total. The molecule has 0 N–H and O–H groups in total. The van der Waals surface area contributed by atoms with E-state index in [1.807, 2.05) is 39.0 Å². The van der Waals surface area contributed by atoms with Gasteiger partial charge in [0.25, 0.3) is 0 Å². The Bertz CT molecular complexity index is 664. The lowest BCUT2D eigenvalue weighted by Crippen LogP contribution is -2.38. The van der Waals surface area contributed by atoms with Gasteiger partial charge in [-0.3, -0.25) is 0 Å². The summed E-state index contributed by atoms with van der Waals surface area (Å²) in [7, 11) is 1.63. The van der Waals surface area contributed by atoms with Crippen LogP contribution in [0.3, 0.4) is 0 Å². The summed E-state index contributed by atoms with van der Waals surface area (Å²) in [5, 5.41) is 0. The molecule has 3 rings (SSSR count). The second-order valence-electron chi connectivity index (χ2n) is 7.80. The fourth-order valence-corrected chi connectivity index (χ4v) is 4.09. The second kappa shape index (κ2) is 5.80. The van der Waals surface area contributed by atoms with E-state index in [1.54, 1.807) is 12.0 Å². The number of fused-ring (bicyclic) bond motifs is 3. The normalized spacial score (nSPS) is 25.2. The summed E-state index contributed by atoms with van der Waals surface area (Å²) >= 11 is 0. The molecule has 1 heterocycles. The number of rotatable bonds is 3. The monoisotopic (exact) mass is 331 g/mol. The average Bonchev–Trinajstić information content (AvgIpc) is 2.99. The van der Waals surface area contributed by atoms with Crippen molar-refractivity contribution in [3.05, 3.63) is 29.3 Å². The molecule has 5 heteroatoms. The van der Waals surface area contributed by atoms with E-state index in [-0.39, 0.29) is 17.6 Å². The van der Waals surface area contributed by atoms with E-state index in [4.69, 9.17) is 9.47 Å². The largest absolute Gasteiger partial charge is 0.497 e. The number of nitrogens with zero attached hydrogens (tertiary/aromatic N) is 1. The third-order valence-electron chi connectivity index (χ3n) is 5.05. The zero-order chi connectivity index (χ0) is 17.5. The van der Waals surface area contributed by atoms with Crippen molar-refractivity contribution in [2.75, 3.05) is 13.7 Å². The number of carbonyl (C=O) groups is 2. The molecule has 0 bridgehead atoms. The van der Waals surface area contributed by atoms with Crippen LogP contribution in [0.5, 0.6) is 5.75 Å². The standard InChI is InChI=1S/C19H25NO4/c1-18(2,3)24-17(22)20-9-7-19(8-10-21)12-13-5-6-14(23-4)11-15(13)16(19)20/h5-6,10-11,16H,7-9,12H2,1-4H3/t16-,19-/m1/s1. The summed E-state index contributed by atoms with van der Waals surface area (Å²) in [6.45, 7) is 6.21. The molecule has 0 radical (unpaired) electrons. The van der Waals surface area contributed by atoms with Gasteiger partial charge in [0.2, 0.25) is 0 Å². The number of benzene rings is 1. The number of carbonyl (C=O) groups excluding carboxylic acids is 2. The first-order valence-corrected chi connectivity index (χ1v) is 8.40. The van der Waals surface area contributed by atoms with Gasteiger partial charge in [-0.1, -0.05) is 6.07 Å². The van der Waals surface area contributed by atoms with Crippen LogP contribution in [-0.2, 0) is 16.0 Å². The van der Waals surface area contributed by atoms with Gasteiger partial charge in [0.15, 0.2) is 0 Å². The number of hydrogen-bond donors (Lipinski definition) is 0. The lowest BCUT2D eigenvalue weighted by molar-refractivity contribution is -0.110. The van der Waals surface area contributed by atoms with Crippen molar-refractivity contribution in [3.63, 3.8) is 0 Å². The van der Waals surface area contributed by atoms with Gasteiger partial charge in [0.05, 0.1) is 13.2 Å². The van der Waals surface area contributed by atoms with Gasteiger partial charge in [-0.25, -0.2) is 4.79 Å². The van der Waals surface area contributed by atoms with Crippen LogP contribution < -0.4 is 4.74 Å². The zero-order valence-electron chi connectivity index (χ0n) is 14.8. The Morgan fingerprint density at radius 3 is 2.79 bits per heavy atom. The number of ether oxygens (including phenoxy) is 2. The number of hydrogen-bond acceptors (Lipinski definition) is 4. The van der Waals surface area contributed by atoms with Crippen molar-refractivity contribution in [1.29, 1.82) is 0 Å². The topological polar surface area (TPSA) is 55.8 Å². The summed E-state index contributed by atoms with van der Waals surface area (Å²) in [5.41, 5.74) is 1.52. The summed E-state index contributed by atoms with van der Waals surface area (Å²) in [6.07, 6.45) is 2.75. The minimum absolute atomic E-state index is 0.123. The maximum absolute atomic E-state index is 12.7. The van der Waals surface area contributed by atoms with E-state index in [2.05, 4.69) is 0 Å². The Morgan fingerprint density at radius 1 is 1.42 bits per heavy atom. The van der Waals surface area contributed by atoms with Crippen molar-refractivity contribution in [2.45, 2.75) is 51.7 Å². The van der Waals surface area contributed by atoms with E-state index >= 15 is 0 Å². The van der Waals surface area contributed by atoms with Crippen LogP contribution in [0.15, 0.2) is 18.2 Å². The van der Waals surface area contributed by atoms with Crippen molar-refractivity contribution in [1.82, 2.24) is 4.90 Å². The highest BCUT2D eigenvalue weighted by molar-refractivity contribution is 5.71. The van der Waals surface area contributed by atoms with Crippen molar-refractivity contribution in [2.24, 2.45) is 5.41 Å². The van der Waals surface area contributed by atoms with E-state index in [0.29, 0.717) is 13.0 Å². The summed E-state index contributed by atoms with van der Waals surface area (Å²) < 4.78 is 10.9. The van der Waals surface area contributed by atoms with Crippen LogP contribution in [0.1, 0.15) is 50.8 Å².